The summed E-state index contributed by atoms with van der Waals surface area (Å²) in [6.45, 7) is 3.59. The van der Waals surface area contributed by atoms with Crippen molar-refractivity contribution in [1.82, 2.24) is 4.98 Å². The minimum Gasteiger partial charge on any atom is -0.437 e. The van der Waals surface area contributed by atoms with Crippen LogP contribution in [0.25, 0.3) is 44.5 Å². The largest absolute Gasteiger partial charge is 0.437 e. The molecular formula is C25H16F5N2O+. The molecule has 0 atom stereocenters. The maximum Gasteiger partial charge on any atom is 0.227 e. The van der Waals surface area contributed by atoms with Crippen LogP contribution in [0.2, 0.25) is 0 Å². The summed E-state index contributed by atoms with van der Waals surface area (Å²) in [7, 11) is 1.62. The number of benzene rings is 2. The van der Waals surface area contributed by atoms with Gasteiger partial charge in [0.1, 0.15) is 7.05 Å². The Morgan fingerprint density at radius 1 is 0.758 bits per heavy atom. The van der Waals surface area contributed by atoms with Gasteiger partial charge in [0, 0.05) is 22.5 Å². The Hall–Kier alpha value is -3.81. The first-order chi connectivity index (χ1) is 15.7. The predicted octanol–water partition coefficient (Wildman–Crippen LogP) is 6.45. The molecular weight excluding hydrogens is 439 g/mol. The molecule has 0 spiro atoms. The molecule has 0 aliphatic carbocycles. The van der Waals surface area contributed by atoms with E-state index in [2.05, 4.69) is 4.98 Å². The standard InChI is InChI=1S/C25H16F5N2O/c1-11-6-8-13-14-9-7-12(2)31-25(14)33-24(13)16(11)23-15(5-4-10-32(23)3)17-18(26)20(28)22(30)21(29)19(17)27/h4-10H,1-3H3/q+1. The van der Waals surface area contributed by atoms with Crippen LogP contribution in [0.3, 0.4) is 0 Å². The average Bonchev–Trinajstić information content (AvgIpc) is 3.15. The first-order valence-corrected chi connectivity index (χ1v) is 10.0. The van der Waals surface area contributed by atoms with Gasteiger partial charge >= 0.3 is 0 Å². The van der Waals surface area contributed by atoms with Crippen LogP contribution in [0.15, 0.2) is 47.0 Å². The molecule has 2 aromatic carbocycles. The Morgan fingerprint density at radius 3 is 2.09 bits per heavy atom. The van der Waals surface area contributed by atoms with E-state index < -0.39 is 34.6 Å². The number of fused-ring (bicyclic) bond motifs is 3. The van der Waals surface area contributed by atoms with E-state index in [0.717, 1.165) is 11.1 Å². The molecule has 8 heteroatoms. The van der Waals surface area contributed by atoms with Crippen molar-refractivity contribution in [2.45, 2.75) is 13.8 Å². The van der Waals surface area contributed by atoms with E-state index in [1.807, 2.05) is 31.2 Å². The van der Waals surface area contributed by atoms with E-state index in [1.54, 1.807) is 24.7 Å². The van der Waals surface area contributed by atoms with Gasteiger partial charge in [0.25, 0.3) is 0 Å². The molecule has 0 unspecified atom stereocenters. The molecule has 0 radical (unpaired) electrons. The van der Waals surface area contributed by atoms with Crippen LogP contribution in [0, 0.1) is 42.9 Å². The van der Waals surface area contributed by atoms with Crippen molar-refractivity contribution in [1.29, 1.82) is 0 Å². The fourth-order valence-electron chi connectivity index (χ4n) is 4.17. The summed E-state index contributed by atoms with van der Waals surface area (Å²) in [4.78, 5) is 4.41. The van der Waals surface area contributed by atoms with Crippen molar-refractivity contribution < 1.29 is 30.9 Å². The van der Waals surface area contributed by atoms with Gasteiger partial charge in [0.2, 0.25) is 17.2 Å². The van der Waals surface area contributed by atoms with Gasteiger partial charge in [0.15, 0.2) is 35.0 Å². The van der Waals surface area contributed by atoms with Crippen LogP contribution in [0.4, 0.5) is 22.0 Å². The normalized spacial score (nSPS) is 11.6. The summed E-state index contributed by atoms with van der Waals surface area (Å²) in [5, 5.41) is 1.46. The number of aromatic nitrogens is 2. The molecule has 0 aliphatic heterocycles. The maximum absolute atomic E-state index is 14.8. The van der Waals surface area contributed by atoms with Gasteiger partial charge in [-0.05, 0) is 37.6 Å². The average molecular weight is 455 g/mol. The van der Waals surface area contributed by atoms with Crippen LogP contribution in [0.5, 0.6) is 0 Å². The quantitative estimate of drug-likeness (QED) is 0.133. The fourth-order valence-corrected chi connectivity index (χ4v) is 4.17. The van der Waals surface area contributed by atoms with Crippen LogP contribution in [-0.4, -0.2) is 4.98 Å². The van der Waals surface area contributed by atoms with Gasteiger partial charge in [0.05, 0.1) is 16.7 Å². The van der Waals surface area contributed by atoms with Gasteiger partial charge in [-0.1, -0.05) is 12.1 Å². The summed E-state index contributed by atoms with van der Waals surface area (Å²) in [6.07, 6.45) is 1.62. The number of hydrogen-bond donors (Lipinski definition) is 0. The summed E-state index contributed by atoms with van der Waals surface area (Å²) < 4.78 is 78.9. The third kappa shape index (κ3) is 3.01. The monoisotopic (exact) mass is 455 g/mol. The molecule has 0 bridgehead atoms. The zero-order valence-electron chi connectivity index (χ0n) is 17.7. The second-order valence-electron chi connectivity index (χ2n) is 7.87. The Kier molecular flexibility index (Phi) is 4.70. The number of rotatable bonds is 2. The number of furan rings is 1. The predicted molar refractivity (Wildman–Crippen MR) is 113 cm³/mol. The highest BCUT2D eigenvalue weighted by atomic mass is 19.2. The van der Waals surface area contributed by atoms with Crippen molar-refractivity contribution in [3.8, 4) is 22.4 Å². The number of halogens is 5. The topological polar surface area (TPSA) is 29.9 Å². The summed E-state index contributed by atoms with van der Waals surface area (Å²) in [5.41, 5.74) is 1.75. The van der Waals surface area contributed by atoms with E-state index in [1.165, 1.54) is 12.1 Å². The highest BCUT2D eigenvalue weighted by Crippen LogP contribution is 2.41. The fraction of sp³-hybridized carbons (Fsp3) is 0.120. The van der Waals surface area contributed by atoms with Gasteiger partial charge in [-0.15, -0.1) is 0 Å². The van der Waals surface area contributed by atoms with E-state index in [9.17, 15) is 22.0 Å². The summed E-state index contributed by atoms with van der Waals surface area (Å²) >= 11 is 0. The number of hydrogen-bond acceptors (Lipinski definition) is 2. The highest BCUT2D eigenvalue weighted by molar-refractivity contribution is 6.09. The van der Waals surface area contributed by atoms with Crippen molar-refractivity contribution in [2.24, 2.45) is 7.05 Å². The van der Waals surface area contributed by atoms with Gasteiger partial charge in [-0.25, -0.2) is 31.5 Å². The van der Waals surface area contributed by atoms with Gasteiger partial charge < -0.3 is 4.42 Å². The van der Waals surface area contributed by atoms with Gasteiger partial charge in [-0.2, -0.15) is 0 Å². The summed E-state index contributed by atoms with van der Waals surface area (Å²) in [6, 6.07) is 10.1. The maximum atomic E-state index is 14.8. The zero-order valence-corrected chi connectivity index (χ0v) is 17.7. The third-order valence-corrected chi connectivity index (χ3v) is 5.75. The molecule has 0 saturated carbocycles. The molecule has 0 amide bonds. The van der Waals surface area contributed by atoms with E-state index in [-0.39, 0.29) is 11.3 Å². The van der Waals surface area contributed by atoms with Crippen LogP contribution in [-0.2, 0) is 7.05 Å². The Balaban J connectivity index is 1.93. The number of nitrogens with zero attached hydrogens (tertiary/aromatic N) is 2. The van der Waals surface area contributed by atoms with Crippen molar-refractivity contribution in [3.63, 3.8) is 0 Å². The molecule has 5 aromatic rings. The van der Waals surface area contributed by atoms with E-state index in [0.29, 0.717) is 27.8 Å². The lowest BCUT2D eigenvalue weighted by atomic mass is 9.93. The molecule has 3 heterocycles. The lowest BCUT2D eigenvalue weighted by molar-refractivity contribution is -0.660. The number of aryl methyl sites for hydroxylation is 3. The van der Waals surface area contributed by atoms with Crippen molar-refractivity contribution >= 4 is 22.1 Å². The molecule has 0 aliphatic rings. The Labute approximate surface area is 184 Å². The second-order valence-corrected chi connectivity index (χ2v) is 7.87. The van der Waals surface area contributed by atoms with E-state index in [4.69, 9.17) is 4.42 Å². The van der Waals surface area contributed by atoms with E-state index >= 15 is 0 Å². The summed E-state index contributed by atoms with van der Waals surface area (Å²) in [5.74, 6) is -10.00. The molecule has 3 nitrogen and oxygen atoms in total. The highest BCUT2D eigenvalue weighted by Gasteiger charge is 2.32. The van der Waals surface area contributed by atoms with Crippen molar-refractivity contribution in [2.75, 3.05) is 0 Å². The first kappa shape index (κ1) is 21.1. The van der Waals surface area contributed by atoms with Gasteiger partial charge in [-0.3, -0.25) is 0 Å². The smallest absolute Gasteiger partial charge is 0.227 e. The Morgan fingerprint density at radius 2 is 1.39 bits per heavy atom. The molecule has 5 rings (SSSR count). The molecule has 166 valence electrons. The molecule has 0 fully saturated rings. The van der Waals surface area contributed by atoms with Crippen molar-refractivity contribution in [3.05, 3.63) is 82.9 Å². The molecule has 33 heavy (non-hydrogen) atoms. The minimum atomic E-state index is -2.20. The van der Waals surface area contributed by atoms with Crippen LogP contribution < -0.4 is 4.57 Å². The first-order valence-electron chi connectivity index (χ1n) is 10.0. The third-order valence-electron chi connectivity index (χ3n) is 5.75. The molecule has 0 saturated heterocycles. The number of pyridine rings is 2. The Bertz CT molecular complexity index is 1580. The lowest BCUT2D eigenvalue weighted by Crippen LogP contribution is -2.31. The SMILES string of the molecule is Cc1ccc2c(n1)oc1c(-c3c(-c4c(F)c(F)c(F)c(F)c4F)ccc[n+]3C)c(C)ccc12. The van der Waals surface area contributed by atoms with Crippen LogP contribution in [0.1, 0.15) is 11.3 Å². The zero-order chi connectivity index (χ0) is 23.6. The second kappa shape index (κ2) is 7.37. The lowest BCUT2D eigenvalue weighted by Gasteiger charge is -2.13. The minimum absolute atomic E-state index is 0.159. The van der Waals surface area contributed by atoms with Crippen LogP contribution >= 0.6 is 0 Å². The molecule has 0 N–H and O–H groups in total. The molecule has 3 aromatic heterocycles.